The van der Waals surface area contributed by atoms with Crippen LogP contribution in [0.3, 0.4) is 0 Å². The predicted molar refractivity (Wildman–Crippen MR) is 54.4 cm³/mol. The highest BCUT2D eigenvalue weighted by molar-refractivity contribution is 5.45. The predicted octanol–water partition coefficient (Wildman–Crippen LogP) is 1.07. The summed E-state index contributed by atoms with van der Waals surface area (Å²) in [5.74, 6) is 0.488. The Bertz CT molecular complexity index is 282. The number of nitrogens with two attached hydrogens (primary N) is 1. The molecule has 0 aliphatic carbocycles. The molecule has 0 atom stereocenters. The van der Waals surface area contributed by atoms with E-state index < -0.39 is 0 Å². The van der Waals surface area contributed by atoms with Crippen molar-refractivity contribution in [1.82, 2.24) is 9.78 Å². The van der Waals surface area contributed by atoms with Crippen LogP contribution in [0, 0.1) is 0 Å². The lowest BCUT2D eigenvalue weighted by Gasteiger charge is -2.25. The van der Waals surface area contributed by atoms with Crippen molar-refractivity contribution < 1.29 is 9.47 Å². The number of nitrogen functional groups attached to an aromatic ring is 1. The largest absolute Gasteiger partial charge is 0.478 e. The third-order valence-corrected chi connectivity index (χ3v) is 1.91. The first-order valence-electron chi connectivity index (χ1n) is 4.77. The fourth-order valence-corrected chi connectivity index (χ4v) is 1.11. The Kier molecular flexibility index (Phi) is 3.76. The molecule has 1 aliphatic heterocycles. The van der Waals surface area contributed by atoms with Gasteiger partial charge in [0.2, 0.25) is 0 Å². The average Bonchev–Trinajstić information content (AvgIpc) is 2.47. The van der Waals surface area contributed by atoms with Crippen LogP contribution in [-0.2, 0) is 4.74 Å². The SMILES string of the molecule is CC.COc1nn(C2COC2)cc1N. The van der Waals surface area contributed by atoms with Crippen LogP contribution in [0.5, 0.6) is 5.88 Å². The van der Waals surface area contributed by atoms with Crippen LogP contribution in [0.1, 0.15) is 19.9 Å². The van der Waals surface area contributed by atoms with Gasteiger partial charge in [-0.15, -0.1) is 5.10 Å². The lowest BCUT2D eigenvalue weighted by molar-refractivity contribution is -0.0289. The number of aromatic nitrogens is 2. The van der Waals surface area contributed by atoms with Gasteiger partial charge in [-0.3, -0.25) is 4.68 Å². The smallest absolute Gasteiger partial charge is 0.256 e. The number of anilines is 1. The minimum Gasteiger partial charge on any atom is -0.478 e. The standard InChI is InChI=1S/C7H11N3O2.C2H6/c1-11-7-6(8)2-10(9-7)5-3-12-4-5;1-2/h2,5H,3-4,8H2,1H3;1-2H3. The highest BCUT2D eigenvalue weighted by atomic mass is 16.5. The van der Waals surface area contributed by atoms with Gasteiger partial charge in [0.05, 0.1) is 32.6 Å². The average molecular weight is 199 g/mol. The number of hydrogen-bond donors (Lipinski definition) is 1. The minimum atomic E-state index is 0.330. The van der Waals surface area contributed by atoms with E-state index in [0.717, 1.165) is 0 Å². The summed E-state index contributed by atoms with van der Waals surface area (Å²) in [4.78, 5) is 0. The van der Waals surface area contributed by atoms with Gasteiger partial charge in [0.25, 0.3) is 5.88 Å². The van der Waals surface area contributed by atoms with Crippen LogP contribution < -0.4 is 10.5 Å². The molecule has 2 rings (SSSR count). The van der Waals surface area contributed by atoms with Crippen LogP contribution >= 0.6 is 0 Å². The van der Waals surface area contributed by atoms with E-state index in [0.29, 0.717) is 30.8 Å². The quantitative estimate of drug-likeness (QED) is 0.774. The summed E-state index contributed by atoms with van der Waals surface area (Å²) in [5.41, 5.74) is 6.19. The molecule has 0 aromatic carbocycles. The Labute approximate surface area is 83.8 Å². The first-order valence-corrected chi connectivity index (χ1v) is 4.77. The van der Waals surface area contributed by atoms with Crippen molar-refractivity contribution in [2.45, 2.75) is 19.9 Å². The molecule has 5 heteroatoms. The van der Waals surface area contributed by atoms with E-state index >= 15 is 0 Å². The van der Waals surface area contributed by atoms with Gasteiger partial charge < -0.3 is 15.2 Å². The van der Waals surface area contributed by atoms with Gasteiger partial charge in [0, 0.05) is 0 Å². The maximum Gasteiger partial charge on any atom is 0.256 e. The van der Waals surface area contributed by atoms with Crippen molar-refractivity contribution in [3.8, 4) is 5.88 Å². The fraction of sp³-hybridized carbons (Fsp3) is 0.667. The Morgan fingerprint density at radius 1 is 1.57 bits per heavy atom. The van der Waals surface area contributed by atoms with E-state index in [4.69, 9.17) is 15.2 Å². The maximum atomic E-state index is 5.62. The molecule has 5 nitrogen and oxygen atoms in total. The van der Waals surface area contributed by atoms with Gasteiger partial charge in [-0.25, -0.2) is 0 Å². The number of hydrogen-bond acceptors (Lipinski definition) is 4. The molecule has 0 saturated carbocycles. The summed E-state index contributed by atoms with van der Waals surface area (Å²) < 4.78 is 11.8. The highest BCUT2D eigenvalue weighted by Gasteiger charge is 2.22. The van der Waals surface area contributed by atoms with Gasteiger partial charge in [0.15, 0.2) is 0 Å². The molecule has 1 saturated heterocycles. The van der Waals surface area contributed by atoms with E-state index in [1.165, 1.54) is 0 Å². The monoisotopic (exact) mass is 199 g/mol. The Morgan fingerprint density at radius 3 is 2.57 bits per heavy atom. The third kappa shape index (κ3) is 1.98. The van der Waals surface area contributed by atoms with Crippen molar-refractivity contribution in [3.05, 3.63) is 6.20 Å². The third-order valence-electron chi connectivity index (χ3n) is 1.91. The van der Waals surface area contributed by atoms with E-state index in [1.54, 1.807) is 18.0 Å². The maximum absolute atomic E-state index is 5.62. The van der Waals surface area contributed by atoms with Gasteiger partial charge in [-0.1, -0.05) is 13.8 Å². The number of ether oxygens (including phenoxy) is 2. The molecule has 1 aliphatic rings. The van der Waals surface area contributed by atoms with Crippen LogP contribution in [0.4, 0.5) is 5.69 Å². The molecule has 0 unspecified atom stereocenters. The molecular weight excluding hydrogens is 182 g/mol. The Balaban J connectivity index is 0.000000461. The first kappa shape index (κ1) is 10.8. The van der Waals surface area contributed by atoms with Crippen molar-refractivity contribution in [2.24, 2.45) is 0 Å². The second kappa shape index (κ2) is 4.85. The fourth-order valence-electron chi connectivity index (χ4n) is 1.11. The van der Waals surface area contributed by atoms with Crippen molar-refractivity contribution in [1.29, 1.82) is 0 Å². The van der Waals surface area contributed by atoms with E-state index in [-0.39, 0.29) is 0 Å². The van der Waals surface area contributed by atoms with E-state index in [2.05, 4.69) is 5.10 Å². The van der Waals surface area contributed by atoms with Crippen LogP contribution in [0.2, 0.25) is 0 Å². The lowest BCUT2D eigenvalue weighted by atomic mass is 10.3. The molecule has 14 heavy (non-hydrogen) atoms. The summed E-state index contributed by atoms with van der Waals surface area (Å²) in [7, 11) is 1.56. The van der Waals surface area contributed by atoms with E-state index in [9.17, 15) is 0 Å². The zero-order valence-corrected chi connectivity index (χ0v) is 8.86. The van der Waals surface area contributed by atoms with E-state index in [1.807, 2.05) is 13.8 Å². The second-order valence-electron chi connectivity index (χ2n) is 2.77. The van der Waals surface area contributed by atoms with Crippen molar-refractivity contribution in [3.63, 3.8) is 0 Å². The van der Waals surface area contributed by atoms with Crippen LogP contribution in [0.25, 0.3) is 0 Å². The molecule has 2 heterocycles. The summed E-state index contributed by atoms with van der Waals surface area (Å²) in [6.07, 6.45) is 1.77. The summed E-state index contributed by atoms with van der Waals surface area (Å²) in [5, 5.41) is 4.14. The van der Waals surface area contributed by atoms with Crippen molar-refractivity contribution in [2.75, 3.05) is 26.1 Å². The summed E-state index contributed by atoms with van der Waals surface area (Å²) >= 11 is 0. The molecule has 0 spiro atoms. The molecule has 0 amide bonds. The van der Waals surface area contributed by atoms with Gasteiger partial charge >= 0.3 is 0 Å². The topological polar surface area (TPSA) is 62.3 Å². The Hall–Kier alpha value is -1.23. The summed E-state index contributed by atoms with van der Waals surface area (Å²) in [6, 6.07) is 0.330. The van der Waals surface area contributed by atoms with Gasteiger partial charge in [-0.2, -0.15) is 0 Å². The van der Waals surface area contributed by atoms with Crippen LogP contribution in [0.15, 0.2) is 6.20 Å². The zero-order valence-electron chi connectivity index (χ0n) is 8.86. The minimum absolute atomic E-state index is 0.330. The van der Waals surface area contributed by atoms with Gasteiger partial charge in [0.1, 0.15) is 5.69 Å². The normalized spacial score (nSPS) is 15.4. The molecule has 0 radical (unpaired) electrons. The molecule has 1 fully saturated rings. The van der Waals surface area contributed by atoms with Gasteiger partial charge in [-0.05, 0) is 0 Å². The number of nitrogens with zero attached hydrogens (tertiary/aromatic N) is 2. The molecular formula is C9H17N3O2. The molecule has 1 aromatic heterocycles. The molecule has 80 valence electrons. The van der Waals surface area contributed by atoms with Crippen LogP contribution in [-0.4, -0.2) is 30.1 Å². The lowest BCUT2D eigenvalue weighted by Crippen LogP contribution is -2.30. The summed E-state index contributed by atoms with van der Waals surface area (Å²) in [6.45, 7) is 5.43. The number of rotatable bonds is 2. The molecule has 1 aromatic rings. The Morgan fingerprint density at radius 2 is 2.21 bits per heavy atom. The zero-order chi connectivity index (χ0) is 10.6. The number of methoxy groups -OCH3 is 1. The molecule has 0 bridgehead atoms. The first-order chi connectivity index (χ1) is 6.81. The van der Waals surface area contributed by atoms with Crippen molar-refractivity contribution >= 4 is 5.69 Å². The second-order valence-corrected chi connectivity index (χ2v) is 2.77. The molecule has 2 N–H and O–H groups in total. The highest BCUT2D eigenvalue weighted by Crippen LogP contribution is 2.23.